The first-order valence-electron chi connectivity index (χ1n) is 8.59. The molecule has 4 heteroatoms. The molecule has 0 bridgehead atoms. The number of rotatable bonds is 4. The molecule has 0 spiro atoms. The van der Waals surface area contributed by atoms with Crippen molar-refractivity contribution in [2.45, 2.75) is 40.2 Å². The first-order chi connectivity index (χ1) is 11.1. The molecule has 0 amide bonds. The SMILES string of the molecule is CCOc1ccc2[nH]c(C)c(CN3CCCC(C)C3)c(=O)c2c1. The Balaban J connectivity index is 1.97. The van der Waals surface area contributed by atoms with Crippen molar-refractivity contribution in [1.29, 1.82) is 0 Å². The molecule has 4 nitrogen and oxygen atoms in total. The van der Waals surface area contributed by atoms with Gasteiger partial charge >= 0.3 is 0 Å². The second-order valence-electron chi connectivity index (χ2n) is 6.68. The molecule has 1 aliphatic rings. The van der Waals surface area contributed by atoms with Crippen molar-refractivity contribution in [2.75, 3.05) is 19.7 Å². The Kier molecular flexibility index (Phi) is 4.71. The molecule has 1 fully saturated rings. The van der Waals surface area contributed by atoms with E-state index >= 15 is 0 Å². The Morgan fingerprint density at radius 3 is 2.96 bits per heavy atom. The number of hydrogen-bond acceptors (Lipinski definition) is 3. The average Bonchev–Trinajstić information content (AvgIpc) is 2.52. The van der Waals surface area contributed by atoms with Crippen molar-refractivity contribution in [3.63, 3.8) is 0 Å². The van der Waals surface area contributed by atoms with Gasteiger partial charge in [0, 0.05) is 35.2 Å². The maximum atomic E-state index is 13.0. The maximum Gasteiger partial charge on any atom is 0.194 e. The fourth-order valence-electron chi connectivity index (χ4n) is 3.53. The second kappa shape index (κ2) is 6.75. The van der Waals surface area contributed by atoms with Crippen LogP contribution in [0.5, 0.6) is 5.75 Å². The highest BCUT2D eigenvalue weighted by molar-refractivity contribution is 5.81. The molecule has 1 unspecified atom stereocenters. The molecular formula is C19H26N2O2. The minimum Gasteiger partial charge on any atom is -0.494 e. The molecule has 23 heavy (non-hydrogen) atoms. The van der Waals surface area contributed by atoms with Gasteiger partial charge in [0.1, 0.15) is 5.75 Å². The predicted octanol–water partition coefficient (Wildman–Crippen LogP) is 3.47. The van der Waals surface area contributed by atoms with Crippen molar-refractivity contribution >= 4 is 10.9 Å². The van der Waals surface area contributed by atoms with Crippen molar-refractivity contribution < 1.29 is 4.74 Å². The molecule has 0 aliphatic carbocycles. The summed E-state index contributed by atoms with van der Waals surface area (Å²) < 4.78 is 5.54. The van der Waals surface area contributed by atoms with Crippen molar-refractivity contribution in [2.24, 2.45) is 5.92 Å². The zero-order valence-corrected chi connectivity index (χ0v) is 14.3. The second-order valence-corrected chi connectivity index (χ2v) is 6.68. The number of nitrogens with one attached hydrogen (secondary N) is 1. The van der Waals surface area contributed by atoms with Gasteiger partial charge in [0.2, 0.25) is 0 Å². The van der Waals surface area contributed by atoms with Crippen LogP contribution in [0, 0.1) is 12.8 Å². The summed E-state index contributed by atoms with van der Waals surface area (Å²) in [4.78, 5) is 18.8. The Morgan fingerprint density at radius 1 is 1.39 bits per heavy atom. The van der Waals surface area contributed by atoms with Crippen LogP contribution >= 0.6 is 0 Å². The van der Waals surface area contributed by atoms with Crippen LogP contribution in [-0.2, 0) is 6.54 Å². The number of pyridine rings is 1. The predicted molar refractivity (Wildman–Crippen MR) is 94.1 cm³/mol. The number of hydrogen-bond donors (Lipinski definition) is 1. The molecule has 1 saturated heterocycles. The van der Waals surface area contributed by atoms with E-state index in [9.17, 15) is 4.79 Å². The molecule has 124 valence electrons. The lowest BCUT2D eigenvalue weighted by molar-refractivity contribution is 0.176. The number of aryl methyl sites for hydroxylation is 1. The van der Waals surface area contributed by atoms with Gasteiger partial charge in [0.25, 0.3) is 0 Å². The monoisotopic (exact) mass is 314 g/mol. The Morgan fingerprint density at radius 2 is 2.22 bits per heavy atom. The lowest BCUT2D eigenvalue weighted by atomic mass is 9.99. The highest BCUT2D eigenvalue weighted by Gasteiger charge is 2.19. The Bertz CT molecular complexity index is 751. The quantitative estimate of drug-likeness (QED) is 0.940. The number of ether oxygens (including phenoxy) is 1. The summed E-state index contributed by atoms with van der Waals surface area (Å²) in [7, 11) is 0. The summed E-state index contributed by atoms with van der Waals surface area (Å²) in [6.45, 7) is 9.74. The summed E-state index contributed by atoms with van der Waals surface area (Å²) in [5.41, 5.74) is 2.88. The minimum absolute atomic E-state index is 0.135. The topological polar surface area (TPSA) is 45.3 Å². The van der Waals surface area contributed by atoms with Crippen LogP contribution in [0.25, 0.3) is 10.9 Å². The molecule has 2 aromatic rings. The van der Waals surface area contributed by atoms with E-state index in [4.69, 9.17) is 4.74 Å². The first kappa shape index (κ1) is 16.1. The highest BCUT2D eigenvalue weighted by Crippen LogP contribution is 2.21. The molecule has 1 aromatic carbocycles. The van der Waals surface area contributed by atoms with Gasteiger partial charge in [0.15, 0.2) is 5.43 Å². The van der Waals surface area contributed by atoms with Crippen LogP contribution in [-0.4, -0.2) is 29.6 Å². The van der Waals surface area contributed by atoms with Crippen molar-refractivity contribution in [3.8, 4) is 5.75 Å². The minimum atomic E-state index is 0.135. The molecule has 2 heterocycles. The third kappa shape index (κ3) is 3.42. The number of benzene rings is 1. The molecule has 0 saturated carbocycles. The number of H-pyrrole nitrogens is 1. The summed E-state index contributed by atoms with van der Waals surface area (Å²) in [5, 5.41) is 0.724. The summed E-state index contributed by atoms with van der Waals surface area (Å²) in [5.74, 6) is 1.47. The Labute approximate surface area is 137 Å². The first-order valence-corrected chi connectivity index (χ1v) is 8.59. The van der Waals surface area contributed by atoms with E-state index in [1.54, 1.807) is 0 Å². The van der Waals surface area contributed by atoms with E-state index in [-0.39, 0.29) is 5.43 Å². The largest absolute Gasteiger partial charge is 0.494 e. The van der Waals surface area contributed by atoms with E-state index in [0.717, 1.165) is 47.5 Å². The van der Waals surface area contributed by atoms with E-state index in [1.807, 2.05) is 32.0 Å². The standard InChI is InChI=1S/C19H26N2O2/c1-4-23-15-7-8-18-16(10-15)19(22)17(14(3)20-18)12-21-9-5-6-13(2)11-21/h7-8,10,13H,4-6,9,11-12H2,1-3H3,(H,20,22). The smallest absolute Gasteiger partial charge is 0.194 e. The van der Waals surface area contributed by atoms with Crippen LogP contribution in [0.1, 0.15) is 37.9 Å². The summed E-state index contributed by atoms with van der Waals surface area (Å²) in [6, 6.07) is 5.70. The number of nitrogens with zero attached hydrogens (tertiary/aromatic N) is 1. The number of aromatic nitrogens is 1. The number of aromatic amines is 1. The highest BCUT2D eigenvalue weighted by atomic mass is 16.5. The van der Waals surface area contributed by atoms with Crippen LogP contribution in [0.4, 0.5) is 0 Å². The fourth-order valence-corrected chi connectivity index (χ4v) is 3.53. The van der Waals surface area contributed by atoms with Crippen LogP contribution in [0.2, 0.25) is 0 Å². The van der Waals surface area contributed by atoms with Crippen molar-refractivity contribution in [3.05, 3.63) is 39.7 Å². The van der Waals surface area contributed by atoms with Gasteiger partial charge in [-0.2, -0.15) is 0 Å². The van der Waals surface area contributed by atoms with Gasteiger partial charge in [-0.25, -0.2) is 0 Å². The molecule has 1 aromatic heterocycles. The van der Waals surface area contributed by atoms with Gasteiger partial charge in [0.05, 0.1) is 6.61 Å². The lowest BCUT2D eigenvalue weighted by Gasteiger charge is -2.31. The maximum absolute atomic E-state index is 13.0. The normalized spacial score (nSPS) is 19.2. The van der Waals surface area contributed by atoms with Gasteiger partial charge in [-0.3, -0.25) is 9.69 Å². The number of fused-ring (bicyclic) bond motifs is 1. The van der Waals surface area contributed by atoms with E-state index in [1.165, 1.54) is 12.8 Å². The van der Waals surface area contributed by atoms with Crippen molar-refractivity contribution in [1.82, 2.24) is 9.88 Å². The van der Waals surface area contributed by atoms with Gasteiger partial charge < -0.3 is 9.72 Å². The van der Waals surface area contributed by atoms with E-state index in [0.29, 0.717) is 12.5 Å². The molecular weight excluding hydrogens is 288 g/mol. The number of likely N-dealkylation sites (tertiary alicyclic amines) is 1. The molecule has 3 rings (SSSR count). The molecule has 0 radical (unpaired) electrons. The molecule has 1 aliphatic heterocycles. The third-order valence-corrected chi connectivity index (χ3v) is 4.72. The summed E-state index contributed by atoms with van der Waals surface area (Å²) >= 11 is 0. The van der Waals surface area contributed by atoms with E-state index in [2.05, 4.69) is 16.8 Å². The van der Waals surface area contributed by atoms with Gasteiger partial charge in [-0.05, 0) is 57.4 Å². The van der Waals surface area contributed by atoms with E-state index < -0.39 is 0 Å². The Hall–Kier alpha value is -1.81. The molecule has 1 atom stereocenters. The molecule has 1 N–H and O–H groups in total. The number of piperidine rings is 1. The zero-order chi connectivity index (χ0) is 16.4. The fraction of sp³-hybridized carbons (Fsp3) is 0.526. The zero-order valence-electron chi connectivity index (χ0n) is 14.3. The third-order valence-electron chi connectivity index (χ3n) is 4.72. The average molecular weight is 314 g/mol. The van der Waals surface area contributed by atoms with Crippen LogP contribution in [0.3, 0.4) is 0 Å². The van der Waals surface area contributed by atoms with Crippen LogP contribution < -0.4 is 10.2 Å². The lowest BCUT2D eigenvalue weighted by Crippen LogP contribution is -2.35. The van der Waals surface area contributed by atoms with Crippen LogP contribution in [0.15, 0.2) is 23.0 Å². The van der Waals surface area contributed by atoms with Gasteiger partial charge in [-0.15, -0.1) is 0 Å². The summed E-state index contributed by atoms with van der Waals surface area (Å²) in [6.07, 6.45) is 2.52. The van der Waals surface area contributed by atoms with Gasteiger partial charge in [-0.1, -0.05) is 6.92 Å².